The fourth-order valence-corrected chi connectivity index (χ4v) is 2.43. The first-order valence-electron chi connectivity index (χ1n) is 7.09. The van der Waals surface area contributed by atoms with Gasteiger partial charge in [-0.3, -0.25) is 9.59 Å². The highest BCUT2D eigenvalue weighted by Gasteiger charge is 2.14. The first-order valence-corrected chi connectivity index (χ1v) is 7.46. The number of aromatic hydroxyl groups is 1. The average Bonchev–Trinajstić information content (AvgIpc) is 2.51. The van der Waals surface area contributed by atoms with E-state index in [1.165, 1.54) is 23.1 Å². The lowest BCUT2D eigenvalue weighted by Gasteiger charge is -2.12. The summed E-state index contributed by atoms with van der Waals surface area (Å²) in [6, 6.07) is 7.39. The molecule has 0 spiro atoms. The van der Waals surface area contributed by atoms with Crippen LogP contribution in [0.15, 0.2) is 39.5 Å². The smallest absolute Gasteiger partial charge is 0.259 e. The van der Waals surface area contributed by atoms with E-state index in [0.717, 1.165) is 0 Å². The van der Waals surface area contributed by atoms with Gasteiger partial charge in [0.05, 0.1) is 5.39 Å². The molecule has 1 amide bonds. The number of halogens is 1. The number of phenolic OH excluding ortho intramolecular Hbond substituents is 1. The number of hydrogen-bond donors (Lipinski definition) is 1. The van der Waals surface area contributed by atoms with E-state index < -0.39 is 0 Å². The Morgan fingerprint density at radius 1 is 1.25 bits per heavy atom. The number of carbonyl (C=O) groups is 1. The lowest BCUT2D eigenvalue weighted by atomic mass is 10.1. The zero-order valence-corrected chi connectivity index (χ0v) is 13.8. The van der Waals surface area contributed by atoms with Crippen LogP contribution in [-0.4, -0.2) is 36.6 Å². The second-order valence-electron chi connectivity index (χ2n) is 5.46. The van der Waals surface area contributed by atoms with Crippen LogP contribution in [0.3, 0.4) is 0 Å². The average molecular weight is 348 g/mol. The third-order valence-electron chi connectivity index (χ3n) is 3.55. The second-order valence-corrected chi connectivity index (χ2v) is 5.90. The molecule has 0 saturated carbocycles. The molecule has 3 aromatic rings. The SMILES string of the molecule is CN(C)C(=O)COc1cc(O)c2c(=O)c3ccc(Cl)cc3oc2c1. The minimum atomic E-state index is -0.365. The number of amides is 1. The highest BCUT2D eigenvalue weighted by atomic mass is 35.5. The summed E-state index contributed by atoms with van der Waals surface area (Å²) in [5.74, 6) is -0.286. The standard InChI is InChI=1S/C17H14ClNO5/c1-19(2)15(21)8-23-10-6-12(20)16-14(7-10)24-13-5-9(18)3-4-11(13)17(16)22/h3-7,20H,8H2,1-2H3. The zero-order valence-electron chi connectivity index (χ0n) is 13.0. The van der Waals surface area contributed by atoms with Gasteiger partial charge in [0.25, 0.3) is 5.91 Å². The Kier molecular flexibility index (Phi) is 4.07. The van der Waals surface area contributed by atoms with Crippen molar-refractivity contribution in [1.82, 2.24) is 4.90 Å². The number of nitrogens with zero attached hydrogens (tertiary/aromatic N) is 1. The van der Waals surface area contributed by atoms with Crippen LogP contribution in [0.1, 0.15) is 0 Å². The Bertz CT molecular complexity index is 1010. The number of benzene rings is 2. The van der Waals surface area contributed by atoms with Gasteiger partial charge in [-0.15, -0.1) is 0 Å². The van der Waals surface area contributed by atoms with E-state index in [4.69, 9.17) is 20.8 Å². The Balaban J connectivity index is 2.11. The van der Waals surface area contributed by atoms with Crippen LogP contribution < -0.4 is 10.2 Å². The fourth-order valence-electron chi connectivity index (χ4n) is 2.26. The van der Waals surface area contributed by atoms with Crippen LogP contribution in [-0.2, 0) is 4.79 Å². The van der Waals surface area contributed by atoms with Gasteiger partial charge in [0, 0.05) is 37.3 Å². The van der Waals surface area contributed by atoms with E-state index in [9.17, 15) is 14.7 Å². The molecule has 0 fully saturated rings. The van der Waals surface area contributed by atoms with E-state index in [2.05, 4.69) is 0 Å². The Labute approximate surface area is 141 Å². The van der Waals surface area contributed by atoms with E-state index in [-0.39, 0.29) is 40.4 Å². The summed E-state index contributed by atoms with van der Waals surface area (Å²) < 4.78 is 11.0. The maximum atomic E-state index is 12.5. The third kappa shape index (κ3) is 2.88. The van der Waals surface area contributed by atoms with Crippen molar-refractivity contribution >= 4 is 39.4 Å². The van der Waals surface area contributed by atoms with Gasteiger partial charge in [-0.25, -0.2) is 0 Å². The molecule has 0 saturated heterocycles. The molecule has 0 aliphatic carbocycles. The molecule has 124 valence electrons. The zero-order chi connectivity index (χ0) is 17.4. The van der Waals surface area contributed by atoms with E-state index >= 15 is 0 Å². The van der Waals surface area contributed by atoms with Gasteiger partial charge in [0.2, 0.25) is 5.43 Å². The molecule has 0 aliphatic rings. The van der Waals surface area contributed by atoms with E-state index in [0.29, 0.717) is 16.0 Å². The third-order valence-corrected chi connectivity index (χ3v) is 3.79. The van der Waals surface area contributed by atoms with Gasteiger partial charge >= 0.3 is 0 Å². The molecule has 2 aromatic carbocycles. The molecule has 1 aromatic heterocycles. The topological polar surface area (TPSA) is 80.0 Å². The van der Waals surface area contributed by atoms with Crippen molar-refractivity contribution < 1.29 is 19.1 Å². The molecule has 0 atom stereocenters. The van der Waals surface area contributed by atoms with Crippen LogP contribution in [0.25, 0.3) is 21.9 Å². The second kappa shape index (κ2) is 6.05. The van der Waals surface area contributed by atoms with Crippen molar-refractivity contribution in [3.05, 3.63) is 45.6 Å². The lowest BCUT2D eigenvalue weighted by Crippen LogP contribution is -2.27. The lowest BCUT2D eigenvalue weighted by molar-refractivity contribution is -0.130. The van der Waals surface area contributed by atoms with Crippen molar-refractivity contribution in [2.45, 2.75) is 0 Å². The number of hydrogen-bond acceptors (Lipinski definition) is 5. The summed E-state index contributed by atoms with van der Waals surface area (Å²) >= 11 is 5.92. The van der Waals surface area contributed by atoms with E-state index in [1.54, 1.807) is 26.2 Å². The monoisotopic (exact) mass is 347 g/mol. The first-order chi connectivity index (χ1) is 11.4. The molecule has 1 heterocycles. The fraction of sp³-hybridized carbons (Fsp3) is 0.176. The van der Waals surface area contributed by atoms with Crippen LogP contribution in [0.4, 0.5) is 0 Å². The van der Waals surface area contributed by atoms with Gasteiger partial charge in [-0.05, 0) is 12.1 Å². The first kappa shape index (κ1) is 16.1. The Morgan fingerprint density at radius 3 is 2.71 bits per heavy atom. The molecule has 3 rings (SSSR count). The molecular weight excluding hydrogens is 334 g/mol. The molecule has 24 heavy (non-hydrogen) atoms. The van der Waals surface area contributed by atoms with Crippen molar-refractivity contribution in [3.63, 3.8) is 0 Å². The maximum Gasteiger partial charge on any atom is 0.259 e. The molecule has 0 aliphatic heterocycles. The summed E-state index contributed by atoms with van der Waals surface area (Å²) in [7, 11) is 3.22. The summed E-state index contributed by atoms with van der Waals surface area (Å²) in [4.78, 5) is 25.5. The summed E-state index contributed by atoms with van der Waals surface area (Å²) in [6.45, 7) is -0.193. The minimum Gasteiger partial charge on any atom is -0.507 e. The van der Waals surface area contributed by atoms with Gasteiger partial charge in [0.15, 0.2) is 6.61 Å². The van der Waals surface area contributed by atoms with E-state index in [1.807, 2.05) is 0 Å². The van der Waals surface area contributed by atoms with Crippen LogP contribution in [0.2, 0.25) is 5.02 Å². The molecular formula is C17H14ClNO5. The summed E-state index contributed by atoms with van der Waals surface area (Å²) in [6.07, 6.45) is 0. The summed E-state index contributed by atoms with van der Waals surface area (Å²) in [5.41, 5.74) is 0.0966. The molecule has 0 bridgehead atoms. The number of phenols is 1. The Hall–Kier alpha value is -2.73. The normalized spacial score (nSPS) is 11.0. The van der Waals surface area contributed by atoms with Crippen LogP contribution in [0, 0.1) is 0 Å². The van der Waals surface area contributed by atoms with Gasteiger partial charge in [0.1, 0.15) is 28.1 Å². The predicted octanol–water partition coefficient (Wildman–Crippen LogP) is 2.77. The number of likely N-dealkylation sites (N-methyl/N-ethyl adjacent to an activating group) is 1. The molecule has 6 nitrogen and oxygen atoms in total. The highest BCUT2D eigenvalue weighted by Crippen LogP contribution is 2.31. The maximum absolute atomic E-state index is 12.5. The number of fused-ring (bicyclic) bond motifs is 2. The molecule has 7 heteroatoms. The molecule has 0 radical (unpaired) electrons. The predicted molar refractivity (Wildman–Crippen MR) is 90.9 cm³/mol. The quantitative estimate of drug-likeness (QED) is 0.737. The number of ether oxygens (including phenoxy) is 1. The van der Waals surface area contributed by atoms with Crippen molar-refractivity contribution in [1.29, 1.82) is 0 Å². The van der Waals surface area contributed by atoms with Crippen LogP contribution in [0.5, 0.6) is 11.5 Å². The van der Waals surface area contributed by atoms with Gasteiger partial charge in [-0.2, -0.15) is 0 Å². The van der Waals surface area contributed by atoms with Gasteiger partial charge in [-0.1, -0.05) is 11.6 Å². The molecule has 1 N–H and O–H groups in total. The Morgan fingerprint density at radius 2 is 2.00 bits per heavy atom. The van der Waals surface area contributed by atoms with Gasteiger partial charge < -0.3 is 19.2 Å². The number of rotatable bonds is 3. The van der Waals surface area contributed by atoms with Crippen molar-refractivity contribution in [3.8, 4) is 11.5 Å². The minimum absolute atomic E-state index is 0.0520. The molecule has 0 unspecified atom stereocenters. The largest absolute Gasteiger partial charge is 0.507 e. The number of carbonyl (C=O) groups excluding carboxylic acids is 1. The van der Waals surface area contributed by atoms with Crippen molar-refractivity contribution in [2.24, 2.45) is 0 Å². The highest BCUT2D eigenvalue weighted by molar-refractivity contribution is 6.31. The van der Waals surface area contributed by atoms with Crippen molar-refractivity contribution in [2.75, 3.05) is 20.7 Å². The van der Waals surface area contributed by atoms with Crippen LogP contribution >= 0.6 is 11.6 Å². The summed E-state index contributed by atoms with van der Waals surface area (Å²) in [5, 5.41) is 11.0.